The maximum absolute atomic E-state index is 12.7. The number of benzene rings is 3. The van der Waals surface area contributed by atoms with Crippen LogP contribution in [0.25, 0.3) is 11.1 Å². The Bertz CT molecular complexity index is 847. The van der Waals surface area contributed by atoms with E-state index < -0.39 is 0 Å². The summed E-state index contributed by atoms with van der Waals surface area (Å²) in [4.78, 5) is 12.7. The van der Waals surface area contributed by atoms with E-state index in [9.17, 15) is 4.79 Å². The van der Waals surface area contributed by atoms with E-state index in [0.29, 0.717) is 6.42 Å². The molecule has 0 spiro atoms. The molecule has 0 unspecified atom stereocenters. The van der Waals surface area contributed by atoms with Crippen LogP contribution in [0.4, 0.5) is 0 Å². The second-order valence-electron chi connectivity index (χ2n) is 5.75. The first kappa shape index (κ1) is 13.0. The maximum Gasteiger partial charge on any atom is 0.167 e. The van der Waals surface area contributed by atoms with Crippen LogP contribution in [0.2, 0.25) is 0 Å². The first-order valence-electron chi connectivity index (χ1n) is 7.60. The van der Waals surface area contributed by atoms with E-state index in [0.717, 1.165) is 17.5 Å². The molecule has 1 nitrogen and oxygen atoms in total. The standard InChI is InChI=1S/C21H16O/c22-21(13-15-7-2-1-3-8-15)19-12-6-11-18-17-10-5-4-9-16(17)14-20(18)19/h1-12H,13-14H2. The average molecular weight is 284 g/mol. The Morgan fingerprint density at radius 2 is 1.50 bits per heavy atom. The third kappa shape index (κ3) is 2.15. The van der Waals surface area contributed by atoms with Crippen molar-refractivity contribution in [2.45, 2.75) is 12.8 Å². The lowest BCUT2D eigenvalue weighted by molar-refractivity contribution is 0.0992. The van der Waals surface area contributed by atoms with Crippen molar-refractivity contribution in [3.05, 3.63) is 95.1 Å². The van der Waals surface area contributed by atoms with Crippen molar-refractivity contribution in [2.75, 3.05) is 0 Å². The fraction of sp³-hybridized carbons (Fsp3) is 0.0952. The summed E-state index contributed by atoms with van der Waals surface area (Å²) in [6.45, 7) is 0. The summed E-state index contributed by atoms with van der Waals surface area (Å²) in [6, 6.07) is 24.5. The zero-order chi connectivity index (χ0) is 14.9. The molecule has 1 aliphatic rings. The summed E-state index contributed by atoms with van der Waals surface area (Å²) in [7, 11) is 0. The lowest BCUT2D eigenvalue weighted by Gasteiger charge is -2.08. The molecular formula is C21H16O. The Balaban J connectivity index is 1.72. The second-order valence-corrected chi connectivity index (χ2v) is 5.75. The topological polar surface area (TPSA) is 17.1 Å². The van der Waals surface area contributed by atoms with E-state index in [1.54, 1.807) is 0 Å². The number of carbonyl (C=O) groups excluding carboxylic acids is 1. The van der Waals surface area contributed by atoms with Crippen LogP contribution in [-0.4, -0.2) is 5.78 Å². The summed E-state index contributed by atoms with van der Waals surface area (Å²) in [5, 5.41) is 0. The van der Waals surface area contributed by atoms with Gasteiger partial charge in [0.15, 0.2) is 5.78 Å². The lowest BCUT2D eigenvalue weighted by atomic mass is 9.95. The van der Waals surface area contributed by atoms with Crippen LogP contribution in [0.1, 0.15) is 27.0 Å². The molecule has 0 atom stereocenters. The number of hydrogen-bond donors (Lipinski definition) is 0. The van der Waals surface area contributed by atoms with Crippen molar-refractivity contribution < 1.29 is 4.79 Å². The normalized spacial score (nSPS) is 11.8. The highest BCUT2D eigenvalue weighted by Gasteiger charge is 2.23. The molecule has 4 rings (SSSR count). The highest BCUT2D eigenvalue weighted by atomic mass is 16.1. The van der Waals surface area contributed by atoms with Gasteiger partial charge in [-0.3, -0.25) is 4.79 Å². The Kier molecular flexibility index (Phi) is 3.12. The number of carbonyl (C=O) groups is 1. The average Bonchev–Trinajstić information content (AvgIpc) is 2.94. The fourth-order valence-corrected chi connectivity index (χ4v) is 3.30. The predicted octanol–water partition coefficient (Wildman–Crippen LogP) is 4.68. The molecule has 0 aliphatic heterocycles. The van der Waals surface area contributed by atoms with Crippen LogP contribution in [0.3, 0.4) is 0 Å². The van der Waals surface area contributed by atoms with Gasteiger partial charge in [0.1, 0.15) is 0 Å². The molecule has 3 aromatic carbocycles. The van der Waals surface area contributed by atoms with Crippen LogP contribution in [0.15, 0.2) is 72.8 Å². The van der Waals surface area contributed by atoms with E-state index in [1.165, 1.54) is 22.3 Å². The predicted molar refractivity (Wildman–Crippen MR) is 89.2 cm³/mol. The molecule has 0 radical (unpaired) electrons. The number of fused-ring (bicyclic) bond motifs is 3. The van der Waals surface area contributed by atoms with Crippen LogP contribution < -0.4 is 0 Å². The summed E-state index contributed by atoms with van der Waals surface area (Å²) >= 11 is 0. The molecule has 3 aromatic rings. The van der Waals surface area contributed by atoms with Crippen LogP contribution >= 0.6 is 0 Å². The van der Waals surface area contributed by atoms with Gasteiger partial charge in [0.2, 0.25) is 0 Å². The third-order valence-corrected chi connectivity index (χ3v) is 4.36. The molecule has 0 amide bonds. The molecule has 0 fully saturated rings. The summed E-state index contributed by atoms with van der Waals surface area (Å²) < 4.78 is 0. The molecular weight excluding hydrogens is 268 g/mol. The van der Waals surface area contributed by atoms with Gasteiger partial charge >= 0.3 is 0 Å². The van der Waals surface area contributed by atoms with E-state index in [-0.39, 0.29) is 5.78 Å². The minimum Gasteiger partial charge on any atom is -0.294 e. The van der Waals surface area contributed by atoms with Crippen molar-refractivity contribution in [1.82, 2.24) is 0 Å². The van der Waals surface area contributed by atoms with Crippen LogP contribution in [0.5, 0.6) is 0 Å². The maximum atomic E-state index is 12.7. The van der Waals surface area contributed by atoms with Gasteiger partial charge in [-0.1, -0.05) is 72.8 Å². The number of Topliss-reactive ketones (excluding diaryl/α,β-unsaturated/α-hetero) is 1. The zero-order valence-corrected chi connectivity index (χ0v) is 12.3. The summed E-state index contributed by atoms with van der Waals surface area (Å²) in [6.07, 6.45) is 1.33. The highest BCUT2D eigenvalue weighted by Crippen LogP contribution is 2.38. The molecule has 106 valence electrons. The molecule has 1 heteroatoms. The van der Waals surface area contributed by atoms with Gasteiger partial charge in [0.05, 0.1) is 0 Å². The van der Waals surface area contributed by atoms with Crippen molar-refractivity contribution >= 4 is 5.78 Å². The Labute approximate surface area is 130 Å². The Morgan fingerprint density at radius 1 is 0.773 bits per heavy atom. The zero-order valence-electron chi connectivity index (χ0n) is 12.3. The molecule has 0 heterocycles. The number of rotatable bonds is 3. The quantitative estimate of drug-likeness (QED) is 0.499. The van der Waals surface area contributed by atoms with Crippen molar-refractivity contribution in [3.63, 3.8) is 0 Å². The number of hydrogen-bond acceptors (Lipinski definition) is 1. The first-order valence-corrected chi connectivity index (χ1v) is 7.60. The van der Waals surface area contributed by atoms with Gasteiger partial charge in [0.25, 0.3) is 0 Å². The monoisotopic (exact) mass is 284 g/mol. The Hall–Kier alpha value is -2.67. The van der Waals surface area contributed by atoms with E-state index in [2.05, 4.69) is 30.3 Å². The van der Waals surface area contributed by atoms with Crippen molar-refractivity contribution in [1.29, 1.82) is 0 Å². The molecule has 0 bridgehead atoms. The van der Waals surface area contributed by atoms with Crippen LogP contribution in [0, 0.1) is 0 Å². The van der Waals surface area contributed by atoms with E-state index in [4.69, 9.17) is 0 Å². The minimum atomic E-state index is 0.204. The SMILES string of the molecule is O=C(Cc1ccccc1)c1cccc2c1Cc1ccccc1-2. The highest BCUT2D eigenvalue weighted by molar-refractivity contribution is 6.01. The molecule has 0 aromatic heterocycles. The molecule has 22 heavy (non-hydrogen) atoms. The van der Waals surface area contributed by atoms with E-state index >= 15 is 0 Å². The van der Waals surface area contributed by atoms with Crippen molar-refractivity contribution in [3.8, 4) is 11.1 Å². The van der Waals surface area contributed by atoms with Gasteiger partial charge in [-0.15, -0.1) is 0 Å². The second kappa shape index (κ2) is 5.27. The molecule has 1 aliphatic carbocycles. The van der Waals surface area contributed by atoms with Gasteiger partial charge in [-0.25, -0.2) is 0 Å². The largest absolute Gasteiger partial charge is 0.294 e. The number of ketones is 1. The molecule has 0 N–H and O–H groups in total. The van der Waals surface area contributed by atoms with E-state index in [1.807, 2.05) is 42.5 Å². The van der Waals surface area contributed by atoms with Gasteiger partial charge in [0, 0.05) is 12.0 Å². The smallest absolute Gasteiger partial charge is 0.167 e. The first-order chi connectivity index (χ1) is 10.8. The summed E-state index contributed by atoms with van der Waals surface area (Å²) in [5.41, 5.74) is 6.93. The van der Waals surface area contributed by atoms with Gasteiger partial charge in [-0.05, 0) is 34.2 Å². The van der Waals surface area contributed by atoms with Gasteiger partial charge < -0.3 is 0 Å². The van der Waals surface area contributed by atoms with Crippen molar-refractivity contribution in [2.24, 2.45) is 0 Å². The molecule has 0 saturated heterocycles. The lowest BCUT2D eigenvalue weighted by Crippen LogP contribution is -2.06. The summed E-state index contributed by atoms with van der Waals surface area (Å²) in [5.74, 6) is 0.204. The third-order valence-electron chi connectivity index (χ3n) is 4.36. The minimum absolute atomic E-state index is 0.204. The molecule has 0 saturated carbocycles. The van der Waals surface area contributed by atoms with Gasteiger partial charge in [-0.2, -0.15) is 0 Å². The Morgan fingerprint density at radius 3 is 2.36 bits per heavy atom. The fourth-order valence-electron chi connectivity index (χ4n) is 3.30. The van der Waals surface area contributed by atoms with Crippen LogP contribution in [-0.2, 0) is 12.8 Å².